The van der Waals surface area contributed by atoms with Gasteiger partial charge in [0.25, 0.3) is 0 Å². The van der Waals surface area contributed by atoms with Crippen molar-refractivity contribution < 1.29 is 23.8 Å². The number of hydrogen-bond acceptors (Lipinski definition) is 5. The molecule has 1 heterocycles. The zero-order valence-corrected chi connectivity index (χ0v) is 16.2. The molecule has 1 rings (SSSR count). The van der Waals surface area contributed by atoms with Gasteiger partial charge in [-0.2, -0.15) is 0 Å². The molecule has 5 atom stereocenters. The Labute approximate surface area is 135 Å². The van der Waals surface area contributed by atoms with Gasteiger partial charge in [-0.1, -0.05) is 34.6 Å². The SMILES string of the molecule is COC(=O)CC1OC(O)C(C)C(O[Si](C)(C)C(C)(C)C)C1C. The van der Waals surface area contributed by atoms with Gasteiger partial charge in [0, 0.05) is 11.8 Å². The van der Waals surface area contributed by atoms with Crippen LogP contribution in [0.25, 0.3) is 0 Å². The lowest BCUT2D eigenvalue weighted by Gasteiger charge is -2.48. The second-order valence-corrected chi connectivity index (χ2v) is 12.7. The molecule has 5 nitrogen and oxygen atoms in total. The first-order chi connectivity index (χ1) is 9.90. The molecule has 0 radical (unpaired) electrons. The fraction of sp³-hybridized carbons (Fsp3) is 0.938. The Kier molecular flexibility index (Phi) is 6.23. The first-order valence-electron chi connectivity index (χ1n) is 7.99. The molecule has 130 valence electrons. The molecule has 0 aromatic rings. The first kappa shape index (κ1) is 19.6. The van der Waals surface area contributed by atoms with Crippen molar-refractivity contribution >= 4 is 14.3 Å². The number of methoxy groups -OCH3 is 1. The second kappa shape index (κ2) is 6.99. The van der Waals surface area contributed by atoms with Gasteiger partial charge in [-0.25, -0.2) is 0 Å². The summed E-state index contributed by atoms with van der Waals surface area (Å²) in [6.07, 6.45) is -1.29. The van der Waals surface area contributed by atoms with Gasteiger partial charge in [-0.15, -0.1) is 0 Å². The van der Waals surface area contributed by atoms with E-state index in [1.807, 2.05) is 13.8 Å². The fourth-order valence-corrected chi connectivity index (χ4v) is 3.96. The number of esters is 1. The largest absolute Gasteiger partial charge is 0.469 e. The zero-order valence-electron chi connectivity index (χ0n) is 15.2. The van der Waals surface area contributed by atoms with Crippen LogP contribution >= 0.6 is 0 Å². The molecule has 0 saturated carbocycles. The predicted molar refractivity (Wildman–Crippen MR) is 87.9 cm³/mol. The van der Waals surface area contributed by atoms with Crippen LogP contribution in [-0.2, 0) is 18.7 Å². The topological polar surface area (TPSA) is 65.0 Å². The minimum atomic E-state index is -1.97. The van der Waals surface area contributed by atoms with E-state index in [9.17, 15) is 9.90 Å². The summed E-state index contributed by atoms with van der Waals surface area (Å²) < 4.78 is 16.9. The molecular weight excluding hydrogens is 300 g/mol. The summed E-state index contributed by atoms with van der Waals surface area (Å²) in [5.74, 6) is -0.436. The number of aliphatic hydroxyl groups excluding tert-OH is 1. The van der Waals surface area contributed by atoms with E-state index in [1.54, 1.807) is 0 Å². The summed E-state index contributed by atoms with van der Waals surface area (Å²) in [6, 6.07) is 0. The molecule has 6 heteroatoms. The van der Waals surface area contributed by atoms with E-state index in [1.165, 1.54) is 7.11 Å². The van der Waals surface area contributed by atoms with Crippen molar-refractivity contribution in [3.05, 3.63) is 0 Å². The summed E-state index contributed by atoms with van der Waals surface area (Å²) in [4.78, 5) is 11.5. The standard InChI is InChI=1S/C16H32O5Si/c1-10-12(9-13(17)19-6)20-15(18)11(2)14(10)21-22(7,8)16(3,4)5/h10-12,14-15,18H,9H2,1-8H3. The van der Waals surface area contributed by atoms with Crippen molar-refractivity contribution in [2.45, 2.75) is 77.7 Å². The maximum absolute atomic E-state index is 11.5. The lowest BCUT2D eigenvalue weighted by molar-refractivity contribution is -0.240. The Morgan fingerprint density at radius 2 is 1.77 bits per heavy atom. The van der Waals surface area contributed by atoms with Gasteiger partial charge in [-0.3, -0.25) is 4.79 Å². The Balaban J connectivity index is 2.93. The Morgan fingerprint density at radius 1 is 1.23 bits per heavy atom. The molecular formula is C16H32O5Si. The Morgan fingerprint density at radius 3 is 2.23 bits per heavy atom. The van der Waals surface area contributed by atoms with E-state index < -0.39 is 14.6 Å². The van der Waals surface area contributed by atoms with Crippen LogP contribution in [0.2, 0.25) is 18.1 Å². The van der Waals surface area contributed by atoms with Gasteiger partial charge >= 0.3 is 5.97 Å². The molecule has 0 spiro atoms. The summed E-state index contributed by atoms with van der Waals surface area (Å²) in [6.45, 7) is 14.9. The summed E-state index contributed by atoms with van der Waals surface area (Å²) in [5, 5.41) is 10.3. The van der Waals surface area contributed by atoms with Crippen LogP contribution < -0.4 is 0 Å². The van der Waals surface area contributed by atoms with Crippen LogP contribution in [0.5, 0.6) is 0 Å². The van der Waals surface area contributed by atoms with Crippen LogP contribution in [-0.4, -0.2) is 45.0 Å². The third-order valence-corrected chi connectivity index (χ3v) is 9.69. The molecule has 1 aliphatic rings. The van der Waals surface area contributed by atoms with Crippen molar-refractivity contribution in [1.29, 1.82) is 0 Å². The van der Waals surface area contributed by atoms with Gasteiger partial charge < -0.3 is 19.0 Å². The van der Waals surface area contributed by atoms with Gasteiger partial charge in [0.1, 0.15) is 0 Å². The lowest BCUT2D eigenvalue weighted by atomic mass is 9.85. The molecule has 0 aromatic carbocycles. The molecule has 1 aliphatic heterocycles. The van der Waals surface area contributed by atoms with E-state index in [2.05, 4.69) is 33.9 Å². The molecule has 5 unspecified atom stereocenters. The quantitative estimate of drug-likeness (QED) is 0.633. The summed E-state index contributed by atoms with van der Waals surface area (Å²) in [7, 11) is -0.607. The monoisotopic (exact) mass is 332 g/mol. The summed E-state index contributed by atoms with van der Waals surface area (Å²) >= 11 is 0. The minimum absolute atomic E-state index is 0.0200. The van der Waals surface area contributed by atoms with Gasteiger partial charge in [0.15, 0.2) is 14.6 Å². The van der Waals surface area contributed by atoms with E-state index in [0.29, 0.717) is 0 Å². The zero-order chi connectivity index (χ0) is 17.3. The smallest absolute Gasteiger partial charge is 0.308 e. The van der Waals surface area contributed by atoms with Crippen LogP contribution in [0.15, 0.2) is 0 Å². The van der Waals surface area contributed by atoms with Gasteiger partial charge in [0.05, 0.1) is 25.7 Å². The predicted octanol–water partition coefficient (Wildman–Crippen LogP) is 2.93. The maximum atomic E-state index is 11.5. The number of ether oxygens (including phenoxy) is 2. The normalized spacial score (nSPS) is 33.6. The van der Waals surface area contributed by atoms with Crippen LogP contribution in [0, 0.1) is 11.8 Å². The van der Waals surface area contributed by atoms with Crippen LogP contribution in [0.4, 0.5) is 0 Å². The highest BCUT2D eigenvalue weighted by Crippen LogP contribution is 2.42. The van der Waals surface area contributed by atoms with Crippen molar-refractivity contribution in [2.75, 3.05) is 7.11 Å². The number of rotatable bonds is 4. The molecule has 1 saturated heterocycles. The lowest BCUT2D eigenvalue weighted by Crippen LogP contribution is -2.55. The highest BCUT2D eigenvalue weighted by molar-refractivity contribution is 6.74. The Bertz CT molecular complexity index is 390. The average molecular weight is 333 g/mol. The van der Waals surface area contributed by atoms with Crippen molar-refractivity contribution in [2.24, 2.45) is 11.8 Å². The molecule has 0 aromatic heterocycles. The third-order valence-electron chi connectivity index (χ3n) is 5.22. The van der Waals surface area contributed by atoms with E-state index in [4.69, 9.17) is 13.9 Å². The third kappa shape index (κ3) is 4.31. The number of carbonyl (C=O) groups excluding carboxylic acids is 1. The molecule has 1 fully saturated rings. The van der Waals surface area contributed by atoms with Crippen LogP contribution in [0.3, 0.4) is 0 Å². The van der Waals surface area contributed by atoms with E-state index in [-0.39, 0.29) is 41.5 Å². The minimum Gasteiger partial charge on any atom is -0.469 e. The summed E-state index contributed by atoms with van der Waals surface area (Å²) in [5.41, 5.74) is 0. The van der Waals surface area contributed by atoms with Gasteiger partial charge in [0.2, 0.25) is 0 Å². The molecule has 0 aliphatic carbocycles. The Hall–Kier alpha value is -0.433. The van der Waals surface area contributed by atoms with Crippen molar-refractivity contribution in [3.63, 3.8) is 0 Å². The fourth-order valence-electron chi connectivity index (χ4n) is 2.49. The van der Waals surface area contributed by atoms with Gasteiger partial charge in [-0.05, 0) is 18.1 Å². The van der Waals surface area contributed by atoms with E-state index in [0.717, 1.165) is 0 Å². The van der Waals surface area contributed by atoms with E-state index >= 15 is 0 Å². The molecule has 22 heavy (non-hydrogen) atoms. The van der Waals surface area contributed by atoms with Crippen molar-refractivity contribution in [1.82, 2.24) is 0 Å². The second-order valence-electron chi connectivity index (χ2n) is 7.91. The number of carbonyl (C=O) groups is 1. The highest BCUT2D eigenvalue weighted by atomic mass is 28.4. The highest BCUT2D eigenvalue weighted by Gasteiger charge is 2.47. The number of hydrogen-bond donors (Lipinski definition) is 1. The molecule has 0 amide bonds. The van der Waals surface area contributed by atoms with Crippen LogP contribution in [0.1, 0.15) is 41.0 Å². The molecule has 1 N–H and O–H groups in total. The maximum Gasteiger partial charge on any atom is 0.308 e. The molecule has 0 bridgehead atoms. The average Bonchev–Trinajstić information content (AvgIpc) is 2.39. The first-order valence-corrected chi connectivity index (χ1v) is 10.9. The number of aliphatic hydroxyl groups is 1. The van der Waals surface area contributed by atoms with Crippen molar-refractivity contribution in [3.8, 4) is 0 Å².